The third-order valence-corrected chi connectivity index (χ3v) is 4.03. The Hall–Kier alpha value is -1.06. The first-order chi connectivity index (χ1) is 8.31. The lowest BCUT2D eigenvalue weighted by atomic mass is 10.1. The third-order valence-electron chi connectivity index (χ3n) is 2.85. The number of aromatic nitrogens is 1. The summed E-state index contributed by atoms with van der Waals surface area (Å²) in [5.41, 5.74) is 8.34. The van der Waals surface area contributed by atoms with Crippen LogP contribution in [0.15, 0.2) is 36.5 Å². The molecule has 1 aromatic carbocycles. The van der Waals surface area contributed by atoms with E-state index in [9.17, 15) is 0 Å². The van der Waals surface area contributed by atoms with E-state index in [2.05, 4.69) is 36.2 Å². The molecule has 0 aliphatic rings. The molecule has 2 aromatic rings. The van der Waals surface area contributed by atoms with Crippen LogP contribution in [0.25, 0.3) is 10.9 Å². The van der Waals surface area contributed by atoms with Gasteiger partial charge >= 0.3 is 0 Å². The van der Waals surface area contributed by atoms with Crippen LogP contribution in [0.4, 0.5) is 0 Å². The highest BCUT2D eigenvalue weighted by molar-refractivity contribution is 7.98. The van der Waals surface area contributed by atoms with Crippen LogP contribution in [0.1, 0.15) is 18.9 Å². The first-order valence-corrected chi connectivity index (χ1v) is 7.12. The minimum atomic E-state index is 0.313. The molecule has 0 radical (unpaired) electrons. The molecular weight excluding hydrogens is 228 g/mol. The Morgan fingerprint density at radius 1 is 1.29 bits per heavy atom. The number of nitrogens with two attached hydrogens (primary N) is 1. The van der Waals surface area contributed by atoms with Gasteiger partial charge in [-0.2, -0.15) is 11.8 Å². The van der Waals surface area contributed by atoms with E-state index >= 15 is 0 Å². The van der Waals surface area contributed by atoms with Gasteiger partial charge in [0.15, 0.2) is 0 Å². The van der Waals surface area contributed by atoms with Crippen molar-refractivity contribution in [2.24, 2.45) is 5.73 Å². The zero-order valence-electron chi connectivity index (χ0n) is 10.1. The number of para-hydroxylation sites is 1. The van der Waals surface area contributed by atoms with Crippen molar-refractivity contribution in [2.75, 3.05) is 5.75 Å². The number of benzene rings is 1. The molecule has 1 heterocycles. The van der Waals surface area contributed by atoms with Gasteiger partial charge in [0.25, 0.3) is 0 Å². The SMILES string of the molecule is CCC(N)CSCc1ccnc2ccccc12. The molecule has 2 nitrogen and oxygen atoms in total. The summed E-state index contributed by atoms with van der Waals surface area (Å²) in [5.74, 6) is 2.03. The second-order valence-corrected chi connectivity index (χ2v) is 5.20. The maximum absolute atomic E-state index is 5.92. The first-order valence-electron chi connectivity index (χ1n) is 5.97. The summed E-state index contributed by atoms with van der Waals surface area (Å²) in [6.07, 6.45) is 2.93. The van der Waals surface area contributed by atoms with Crippen LogP contribution in [0, 0.1) is 0 Å². The van der Waals surface area contributed by atoms with Gasteiger partial charge in [0.2, 0.25) is 0 Å². The Labute approximate surface area is 107 Å². The molecule has 0 spiro atoms. The fourth-order valence-electron chi connectivity index (χ4n) is 1.72. The second kappa shape index (κ2) is 6.03. The van der Waals surface area contributed by atoms with Gasteiger partial charge in [-0.15, -0.1) is 0 Å². The molecule has 0 aliphatic heterocycles. The maximum Gasteiger partial charge on any atom is 0.0705 e. The molecule has 1 unspecified atom stereocenters. The molecule has 0 fully saturated rings. The van der Waals surface area contributed by atoms with Gasteiger partial charge in [-0.1, -0.05) is 25.1 Å². The Kier molecular flexibility index (Phi) is 4.40. The standard InChI is InChI=1S/C14H18N2S/c1-2-12(15)10-17-9-11-7-8-16-14-6-4-3-5-13(11)14/h3-8,12H,2,9-10,15H2,1H3. The van der Waals surface area contributed by atoms with E-state index in [1.807, 2.05) is 24.0 Å². The Morgan fingerprint density at radius 3 is 2.94 bits per heavy atom. The van der Waals surface area contributed by atoms with E-state index in [1.54, 1.807) is 0 Å². The van der Waals surface area contributed by atoms with Gasteiger partial charge in [-0.3, -0.25) is 4.98 Å². The van der Waals surface area contributed by atoms with Crippen LogP contribution in [-0.2, 0) is 5.75 Å². The lowest BCUT2D eigenvalue weighted by Gasteiger charge is -2.09. The lowest BCUT2D eigenvalue weighted by molar-refractivity contribution is 0.725. The molecule has 2 rings (SSSR count). The summed E-state index contributed by atoms with van der Waals surface area (Å²) in [5, 5.41) is 1.26. The summed E-state index contributed by atoms with van der Waals surface area (Å²) in [4.78, 5) is 4.37. The van der Waals surface area contributed by atoms with Gasteiger partial charge in [0, 0.05) is 29.1 Å². The Morgan fingerprint density at radius 2 is 2.12 bits per heavy atom. The van der Waals surface area contributed by atoms with E-state index in [0.29, 0.717) is 6.04 Å². The van der Waals surface area contributed by atoms with Crippen LogP contribution in [0.5, 0.6) is 0 Å². The quantitative estimate of drug-likeness (QED) is 0.880. The summed E-state index contributed by atoms with van der Waals surface area (Å²) in [6.45, 7) is 2.13. The van der Waals surface area contributed by atoms with Gasteiger partial charge in [0.1, 0.15) is 0 Å². The minimum absolute atomic E-state index is 0.313. The van der Waals surface area contributed by atoms with Crippen LogP contribution in [-0.4, -0.2) is 16.8 Å². The van der Waals surface area contributed by atoms with E-state index in [0.717, 1.165) is 23.4 Å². The first kappa shape index (κ1) is 12.4. The predicted molar refractivity (Wildman–Crippen MR) is 76.2 cm³/mol. The highest BCUT2D eigenvalue weighted by Gasteiger charge is 2.03. The van der Waals surface area contributed by atoms with Crippen molar-refractivity contribution in [1.29, 1.82) is 0 Å². The fourth-order valence-corrected chi connectivity index (χ4v) is 2.85. The van der Waals surface area contributed by atoms with Crippen molar-refractivity contribution in [2.45, 2.75) is 25.1 Å². The summed E-state index contributed by atoms with van der Waals surface area (Å²) in [7, 11) is 0. The number of hydrogen-bond acceptors (Lipinski definition) is 3. The molecule has 0 saturated carbocycles. The van der Waals surface area contributed by atoms with Gasteiger partial charge in [0.05, 0.1) is 5.52 Å². The van der Waals surface area contributed by atoms with E-state index in [1.165, 1.54) is 10.9 Å². The number of hydrogen-bond donors (Lipinski definition) is 1. The zero-order valence-corrected chi connectivity index (χ0v) is 10.9. The second-order valence-electron chi connectivity index (χ2n) is 4.17. The number of nitrogens with zero attached hydrogens (tertiary/aromatic N) is 1. The predicted octanol–water partition coefficient (Wildman–Crippen LogP) is 3.21. The van der Waals surface area contributed by atoms with Crippen molar-refractivity contribution < 1.29 is 0 Å². The van der Waals surface area contributed by atoms with Crippen molar-refractivity contribution in [3.8, 4) is 0 Å². The zero-order chi connectivity index (χ0) is 12.1. The van der Waals surface area contributed by atoms with E-state index in [-0.39, 0.29) is 0 Å². The van der Waals surface area contributed by atoms with Crippen molar-refractivity contribution >= 4 is 22.7 Å². The fraction of sp³-hybridized carbons (Fsp3) is 0.357. The molecule has 0 bridgehead atoms. The monoisotopic (exact) mass is 246 g/mol. The molecule has 17 heavy (non-hydrogen) atoms. The van der Waals surface area contributed by atoms with Crippen LogP contribution in [0.3, 0.4) is 0 Å². The average Bonchev–Trinajstić information content (AvgIpc) is 2.39. The molecular formula is C14H18N2S. The number of pyridine rings is 1. The molecule has 90 valence electrons. The molecule has 2 N–H and O–H groups in total. The van der Waals surface area contributed by atoms with E-state index in [4.69, 9.17) is 5.73 Å². The van der Waals surface area contributed by atoms with Crippen molar-refractivity contribution in [1.82, 2.24) is 4.98 Å². The van der Waals surface area contributed by atoms with Crippen LogP contribution in [0.2, 0.25) is 0 Å². The smallest absolute Gasteiger partial charge is 0.0705 e. The van der Waals surface area contributed by atoms with Gasteiger partial charge in [-0.25, -0.2) is 0 Å². The normalized spacial score (nSPS) is 12.8. The van der Waals surface area contributed by atoms with E-state index < -0.39 is 0 Å². The Balaban J connectivity index is 2.08. The van der Waals surface area contributed by atoms with Crippen LogP contribution >= 0.6 is 11.8 Å². The largest absolute Gasteiger partial charge is 0.327 e. The molecule has 0 amide bonds. The summed E-state index contributed by atoms with van der Waals surface area (Å²) < 4.78 is 0. The highest BCUT2D eigenvalue weighted by atomic mass is 32.2. The number of fused-ring (bicyclic) bond motifs is 1. The van der Waals surface area contributed by atoms with Crippen molar-refractivity contribution in [3.05, 3.63) is 42.1 Å². The average molecular weight is 246 g/mol. The lowest BCUT2D eigenvalue weighted by Crippen LogP contribution is -2.21. The third kappa shape index (κ3) is 3.20. The Bertz CT molecular complexity index is 479. The van der Waals surface area contributed by atoms with Gasteiger partial charge < -0.3 is 5.73 Å². The molecule has 1 atom stereocenters. The summed E-state index contributed by atoms with van der Waals surface area (Å²) in [6, 6.07) is 10.7. The topological polar surface area (TPSA) is 38.9 Å². The minimum Gasteiger partial charge on any atom is -0.327 e. The summed E-state index contributed by atoms with van der Waals surface area (Å²) >= 11 is 1.90. The van der Waals surface area contributed by atoms with Crippen LogP contribution < -0.4 is 5.73 Å². The van der Waals surface area contributed by atoms with Gasteiger partial charge in [-0.05, 0) is 24.1 Å². The highest BCUT2D eigenvalue weighted by Crippen LogP contribution is 2.21. The molecule has 1 aromatic heterocycles. The molecule has 3 heteroatoms. The number of rotatable bonds is 5. The molecule has 0 saturated heterocycles. The number of thioether (sulfide) groups is 1. The van der Waals surface area contributed by atoms with Crippen molar-refractivity contribution in [3.63, 3.8) is 0 Å². The molecule has 0 aliphatic carbocycles. The maximum atomic E-state index is 5.92.